The average Bonchev–Trinajstić information content (AvgIpc) is 3.28. The van der Waals surface area contributed by atoms with Crippen molar-refractivity contribution in [3.63, 3.8) is 0 Å². The first-order valence-electron chi connectivity index (χ1n) is 10.1. The molecule has 3 saturated heterocycles. The molecule has 4 aromatic heterocycles. The zero-order valence-corrected chi connectivity index (χ0v) is 17.0. The van der Waals surface area contributed by atoms with E-state index in [4.69, 9.17) is 16.6 Å². The highest BCUT2D eigenvalue weighted by Gasteiger charge is 2.44. The topological polar surface area (TPSA) is 73.8 Å². The Morgan fingerprint density at radius 2 is 1.87 bits per heavy atom. The number of aromatic amines is 1. The van der Waals surface area contributed by atoms with Gasteiger partial charge in [-0.2, -0.15) is 0 Å². The number of aromatic nitrogens is 5. The number of piperazine rings is 1. The van der Waals surface area contributed by atoms with E-state index in [2.05, 4.69) is 41.9 Å². The molecule has 2 atom stereocenters. The number of hydrogen-bond donors (Lipinski definition) is 1. The van der Waals surface area contributed by atoms with Crippen LogP contribution in [0.2, 0.25) is 5.02 Å². The molecule has 150 valence electrons. The number of pyridine rings is 2. The molecule has 7 nitrogen and oxygen atoms in total. The van der Waals surface area contributed by atoms with Gasteiger partial charge in [0.25, 0.3) is 0 Å². The van der Waals surface area contributed by atoms with Gasteiger partial charge in [0.05, 0.1) is 16.4 Å². The normalized spacial score (nSPS) is 21.0. The van der Waals surface area contributed by atoms with Crippen LogP contribution in [-0.2, 0) is 6.54 Å². The van der Waals surface area contributed by atoms with Crippen LogP contribution >= 0.6 is 11.6 Å². The minimum Gasteiger partial charge on any atom is -0.353 e. The summed E-state index contributed by atoms with van der Waals surface area (Å²) in [7, 11) is 0. The van der Waals surface area contributed by atoms with E-state index in [1.165, 1.54) is 6.42 Å². The van der Waals surface area contributed by atoms with Crippen LogP contribution < -0.4 is 4.90 Å². The van der Waals surface area contributed by atoms with Crippen LogP contribution in [0.4, 0.5) is 5.82 Å². The van der Waals surface area contributed by atoms with E-state index in [-0.39, 0.29) is 0 Å². The Morgan fingerprint density at radius 3 is 2.63 bits per heavy atom. The average molecular weight is 418 g/mol. The molecule has 0 saturated carbocycles. The summed E-state index contributed by atoms with van der Waals surface area (Å²) in [5.41, 5.74) is 3.83. The van der Waals surface area contributed by atoms with E-state index >= 15 is 0 Å². The van der Waals surface area contributed by atoms with E-state index in [9.17, 15) is 0 Å². The smallest absolute Gasteiger partial charge is 0.141 e. The highest BCUT2D eigenvalue weighted by Crippen LogP contribution is 2.35. The van der Waals surface area contributed by atoms with Crippen molar-refractivity contribution in [3.05, 3.63) is 66.0 Å². The lowest BCUT2D eigenvalue weighted by atomic mass is 9.87. The van der Waals surface area contributed by atoms with E-state index in [1.807, 2.05) is 30.6 Å². The van der Waals surface area contributed by atoms with Crippen LogP contribution in [-0.4, -0.2) is 55.0 Å². The lowest BCUT2D eigenvalue weighted by Gasteiger charge is -2.56. The standard InChI is InChI=1S/C22H20ClN7/c23-15-2-3-16(25-9-15)10-30-17-7-18(30)12-29(11-17)20-4-1-14(8-26-20)21-19-5-6-24-22(19)28-13-27-21/h1-6,8-9,13,17-18H,7,10-12H2,(H,24,27,28). The SMILES string of the molecule is Clc1ccc(CN2C3CC2CN(c2ccc(-c4ncnc5[nH]ccc45)cn2)C3)nc1. The van der Waals surface area contributed by atoms with Crippen LogP contribution in [0.1, 0.15) is 12.1 Å². The number of anilines is 1. The number of nitrogens with zero attached hydrogens (tertiary/aromatic N) is 6. The molecule has 0 aliphatic carbocycles. The van der Waals surface area contributed by atoms with Gasteiger partial charge in [-0.3, -0.25) is 9.88 Å². The minimum atomic E-state index is 0.545. The molecule has 30 heavy (non-hydrogen) atoms. The highest BCUT2D eigenvalue weighted by molar-refractivity contribution is 6.30. The molecule has 4 aromatic rings. The Kier molecular flexibility index (Phi) is 4.17. The number of piperidine rings is 1. The summed E-state index contributed by atoms with van der Waals surface area (Å²) in [6, 6.07) is 11.2. The molecule has 2 unspecified atom stereocenters. The maximum Gasteiger partial charge on any atom is 0.141 e. The summed E-state index contributed by atoms with van der Waals surface area (Å²) in [5, 5.41) is 1.69. The molecule has 3 fully saturated rings. The molecule has 8 heteroatoms. The van der Waals surface area contributed by atoms with Gasteiger partial charge < -0.3 is 9.88 Å². The molecule has 0 radical (unpaired) electrons. The second-order valence-corrected chi connectivity index (χ2v) is 8.39. The second-order valence-electron chi connectivity index (χ2n) is 7.96. The van der Waals surface area contributed by atoms with Crippen molar-refractivity contribution in [2.75, 3.05) is 18.0 Å². The number of rotatable bonds is 4. The lowest BCUT2D eigenvalue weighted by Crippen LogP contribution is -2.68. The third kappa shape index (κ3) is 3.02. The Hall–Kier alpha value is -3.03. The third-order valence-electron chi connectivity index (χ3n) is 6.18. The molecule has 0 aromatic carbocycles. The van der Waals surface area contributed by atoms with Gasteiger partial charge in [-0.25, -0.2) is 15.0 Å². The van der Waals surface area contributed by atoms with E-state index < -0.39 is 0 Å². The van der Waals surface area contributed by atoms with Gasteiger partial charge in [-0.05, 0) is 36.8 Å². The number of nitrogens with one attached hydrogen (secondary N) is 1. The van der Waals surface area contributed by atoms with Gasteiger partial charge in [0, 0.05) is 61.3 Å². The van der Waals surface area contributed by atoms with Crippen LogP contribution in [0.25, 0.3) is 22.3 Å². The molecule has 0 spiro atoms. The molecule has 0 amide bonds. The van der Waals surface area contributed by atoms with Crippen LogP contribution in [0.15, 0.2) is 55.2 Å². The largest absolute Gasteiger partial charge is 0.353 e. The molecule has 2 bridgehead atoms. The highest BCUT2D eigenvalue weighted by atomic mass is 35.5. The number of fused-ring (bicyclic) bond motifs is 3. The first-order chi connectivity index (χ1) is 14.7. The number of H-pyrrole nitrogens is 1. The first kappa shape index (κ1) is 17.8. The Labute approximate surface area is 178 Å². The van der Waals surface area contributed by atoms with Crippen molar-refractivity contribution in [3.8, 4) is 11.3 Å². The van der Waals surface area contributed by atoms with E-state index in [0.29, 0.717) is 17.1 Å². The third-order valence-corrected chi connectivity index (χ3v) is 6.40. The molecule has 3 aliphatic heterocycles. The minimum absolute atomic E-state index is 0.545. The number of halogens is 1. The fourth-order valence-corrected chi connectivity index (χ4v) is 4.75. The fraction of sp³-hybridized carbons (Fsp3) is 0.273. The lowest BCUT2D eigenvalue weighted by molar-refractivity contribution is -0.00967. The van der Waals surface area contributed by atoms with Gasteiger partial charge in [0.1, 0.15) is 17.8 Å². The van der Waals surface area contributed by atoms with Crippen LogP contribution in [0.3, 0.4) is 0 Å². The van der Waals surface area contributed by atoms with Gasteiger partial charge in [0.2, 0.25) is 0 Å². The van der Waals surface area contributed by atoms with Crippen LogP contribution in [0, 0.1) is 0 Å². The molecular formula is C22H20ClN7. The Morgan fingerprint density at radius 1 is 0.967 bits per heavy atom. The van der Waals surface area contributed by atoms with Crippen molar-refractivity contribution in [2.24, 2.45) is 0 Å². The monoisotopic (exact) mass is 417 g/mol. The molecule has 7 heterocycles. The van der Waals surface area contributed by atoms with E-state index in [1.54, 1.807) is 12.5 Å². The summed E-state index contributed by atoms with van der Waals surface area (Å²) in [4.78, 5) is 26.0. The summed E-state index contributed by atoms with van der Waals surface area (Å²) in [6.45, 7) is 2.87. The van der Waals surface area contributed by atoms with Crippen molar-refractivity contribution < 1.29 is 0 Å². The van der Waals surface area contributed by atoms with Crippen LogP contribution in [0.5, 0.6) is 0 Å². The fourth-order valence-electron chi connectivity index (χ4n) is 4.64. The zero-order valence-electron chi connectivity index (χ0n) is 16.2. The van der Waals surface area contributed by atoms with Gasteiger partial charge in [0.15, 0.2) is 0 Å². The zero-order chi connectivity index (χ0) is 20.1. The quantitative estimate of drug-likeness (QED) is 0.547. The van der Waals surface area contributed by atoms with Gasteiger partial charge in [-0.1, -0.05) is 11.6 Å². The Balaban J connectivity index is 1.16. The maximum atomic E-state index is 5.95. The van der Waals surface area contributed by atoms with E-state index in [0.717, 1.165) is 53.4 Å². The summed E-state index contributed by atoms with van der Waals surface area (Å²) < 4.78 is 0. The summed E-state index contributed by atoms with van der Waals surface area (Å²) in [6.07, 6.45) is 8.36. The van der Waals surface area contributed by atoms with Gasteiger partial charge in [-0.15, -0.1) is 0 Å². The summed E-state index contributed by atoms with van der Waals surface area (Å²) >= 11 is 5.95. The predicted molar refractivity (Wildman–Crippen MR) is 116 cm³/mol. The molecule has 3 aliphatic rings. The molecule has 7 rings (SSSR count). The first-order valence-corrected chi connectivity index (χ1v) is 10.5. The van der Waals surface area contributed by atoms with Crippen molar-refractivity contribution >= 4 is 28.5 Å². The molecular weight excluding hydrogens is 398 g/mol. The van der Waals surface area contributed by atoms with Crippen molar-refractivity contribution in [1.29, 1.82) is 0 Å². The van der Waals surface area contributed by atoms with Crippen molar-refractivity contribution in [2.45, 2.75) is 25.0 Å². The maximum absolute atomic E-state index is 5.95. The van der Waals surface area contributed by atoms with Gasteiger partial charge >= 0.3 is 0 Å². The Bertz CT molecular complexity index is 1180. The summed E-state index contributed by atoms with van der Waals surface area (Å²) in [5.74, 6) is 1.03. The molecule has 1 N–H and O–H groups in total. The number of hydrogen-bond acceptors (Lipinski definition) is 6. The predicted octanol–water partition coefficient (Wildman–Crippen LogP) is 3.53. The second kappa shape index (κ2) is 7.04. The van der Waals surface area contributed by atoms with Crippen molar-refractivity contribution in [1.82, 2.24) is 29.8 Å².